The van der Waals surface area contributed by atoms with Gasteiger partial charge in [0.15, 0.2) is 0 Å². The third-order valence-electron chi connectivity index (χ3n) is 5.83. The van der Waals surface area contributed by atoms with Crippen molar-refractivity contribution in [3.8, 4) is 11.3 Å². The van der Waals surface area contributed by atoms with E-state index in [0.29, 0.717) is 0 Å². The molecule has 1 unspecified atom stereocenters. The number of hydrogen-bond acceptors (Lipinski definition) is 5. The van der Waals surface area contributed by atoms with Crippen molar-refractivity contribution in [3.05, 3.63) is 89.6 Å². The van der Waals surface area contributed by atoms with E-state index in [2.05, 4.69) is 4.98 Å². The number of imide groups is 1. The number of carbonyl (C=O) groups is 2. The molecule has 1 aliphatic rings. The van der Waals surface area contributed by atoms with Crippen LogP contribution in [0.3, 0.4) is 0 Å². The number of aromatic nitrogens is 1. The van der Waals surface area contributed by atoms with Crippen LogP contribution >= 0.6 is 0 Å². The molecule has 3 aromatic rings. The minimum absolute atomic E-state index is 0.247. The number of pyridine rings is 1. The number of aryl methyl sites for hydroxylation is 1. The number of amides is 2. The lowest BCUT2D eigenvalue weighted by molar-refractivity contribution is -0.141. The molecular formula is C27H28N2O4. The van der Waals surface area contributed by atoms with Crippen molar-refractivity contribution < 1.29 is 19.1 Å². The maximum Gasteiger partial charge on any atom is 0.417 e. The molecule has 0 N–H and O–H groups in total. The fraction of sp³-hybridized carbons (Fsp3) is 0.296. The molecule has 0 saturated carbocycles. The topological polar surface area (TPSA) is 68.7 Å². The third kappa shape index (κ3) is 4.81. The number of ether oxygens (including phenoxy) is 2. The second kappa shape index (κ2) is 9.16. The van der Waals surface area contributed by atoms with E-state index in [-0.39, 0.29) is 6.61 Å². The van der Waals surface area contributed by atoms with Crippen LogP contribution in [0.4, 0.5) is 4.79 Å². The Morgan fingerprint density at radius 3 is 2.42 bits per heavy atom. The van der Waals surface area contributed by atoms with E-state index >= 15 is 0 Å². The lowest BCUT2D eigenvalue weighted by Gasteiger charge is -2.29. The van der Waals surface area contributed by atoms with Crippen molar-refractivity contribution in [1.82, 2.24) is 9.88 Å². The van der Waals surface area contributed by atoms with Crippen LogP contribution in [0.2, 0.25) is 0 Å². The van der Waals surface area contributed by atoms with Crippen molar-refractivity contribution in [2.24, 2.45) is 0 Å². The fourth-order valence-electron chi connectivity index (χ4n) is 4.05. The van der Waals surface area contributed by atoms with Gasteiger partial charge >= 0.3 is 6.09 Å². The Kier molecular flexibility index (Phi) is 6.29. The fourth-order valence-corrected chi connectivity index (χ4v) is 4.05. The van der Waals surface area contributed by atoms with Crippen molar-refractivity contribution in [2.45, 2.75) is 52.0 Å². The predicted molar refractivity (Wildman–Crippen MR) is 125 cm³/mol. The highest BCUT2D eigenvalue weighted by atomic mass is 16.6. The molecule has 2 amide bonds. The van der Waals surface area contributed by atoms with Gasteiger partial charge in [-0.3, -0.25) is 9.78 Å². The first-order valence-electron chi connectivity index (χ1n) is 11.0. The number of cyclic esters (lactones) is 1. The minimum atomic E-state index is -0.840. The molecule has 0 spiro atoms. The molecule has 1 aromatic heterocycles. The largest absolute Gasteiger partial charge is 0.440 e. The Labute approximate surface area is 194 Å². The van der Waals surface area contributed by atoms with Crippen LogP contribution < -0.4 is 0 Å². The zero-order chi connectivity index (χ0) is 23.6. The Morgan fingerprint density at radius 1 is 1.09 bits per heavy atom. The maximum absolute atomic E-state index is 13.2. The monoisotopic (exact) mass is 444 g/mol. The van der Waals surface area contributed by atoms with Crippen LogP contribution in [0.1, 0.15) is 43.5 Å². The van der Waals surface area contributed by atoms with E-state index in [1.165, 1.54) is 4.90 Å². The number of rotatable bonds is 6. The average molecular weight is 445 g/mol. The molecule has 4 rings (SSSR count). The standard InChI is InChI=1S/C27H28N2O4/c1-18-10-15-23(28-16-18)21-13-11-20(12-14-21)17-32-19(2)25(30)29-24(22-8-6-5-7-9-22)27(3,4)33-26(29)31/h5-16,19,24H,17H2,1-4H3/t19?,24-/m0/s1. The Hall–Kier alpha value is -3.51. The summed E-state index contributed by atoms with van der Waals surface area (Å²) < 4.78 is 11.4. The summed E-state index contributed by atoms with van der Waals surface area (Å²) in [5, 5.41) is 0. The van der Waals surface area contributed by atoms with Crippen LogP contribution in [0.5, 0.6) is 0 Å². The van der Waals surface area contributed by atoms with Gasteiger partial charge in [-0.05, 0) is 50.5 Å². The molecule has 170 valence electrons. The van der Waals surface area contributed by atoms with Gasteiger partial charge in [0.1, 0.15) is 17.7 Å². The Bertz CT molecular complexity index is 1130. The van der Waals surface area contributed by atoms with Crippen molar-refractivity contribution in [1.29, 1.82) is 0 Å². The van der Waals surface area contributed by atoms with E-state index in [1.54, 1.807) is 6.92 Å². The minimum Gasteiger partial charge on any atom is -0.440 e. The Morgan fingerprint density at radius 2 is 1.79 bits per heavy atom. The van der Waals surface area contributed by atoms with Crippen LogP contribution in [-0.4, -0.2) is 33.6 Å². The van der Waals surface area contributed by atoms with Gasteiger partial charge in [-0.15, -0.1) is 0 Å². The first-order chi connectivity index (χ1) is 15.8. The highest BCUT2D eigenvalue weighted by Crippen LogP contribution is 2.41. The smallest absolute Gasteiger partial charge is 0.417 e. The molecular weight excluding hydrogens is 416 g/mol. The summed E-state index contributed by atoms with van der Waals surface area (Å²) in [6.07, 6.45) is 0.382. The van der Waals surface area contributed by atoms with Crippen molar-refractivity contribution >= 4 is 12.0 Å². The van der Waals surface area contributed by atoms with Crippen LogP contribution in [-0.2, 0) is 20.9 Å². The molecule has 2 atom stereocenters. The second-order valence-corrected chi connectivity index (χ2v) is 8.86. The molecule has 2 heterocycles. The van der Waals surface area contributed by atoms with Crippen LogP contribution in [0.15, 0.2) is 72.9 Å². The lowest BCUT2D eigenvalue weighted by Crippen LogP contribution is -2.43. The highest BCUT2D eigenvalue weighted by Gasteiger charge is 2.52. The SMILES string of the molecule is Cc1ccc(-c2ccc(COC(C)C(=O)N3C(=O)OC(C)(C)[C@@H]3c3ccccc3)cc2)nc1. The first kappa shape index (κ1) is 22.7. The summed E-state index contributed by atoms with van der Waals surface area (Å²) in [5.41, 5.74) is 3.95. The maximum atomic E-state index is 13.2. The normalized spacial score (nSPS) is 18.1. The molecule has 1 aliphatic heterocycles. The van der Waals surface area contributed by atoms with Gasteiger partial charge in [0.05, 0.1) is 12.3 Å². The number of benzene rings is 2. The quantitative estimate of drug-likeness (QED) is 0.505. The molecule has 1 fully saturated rings. The van der Waals surface area contributed by atoms with Gasteiger partial charge in [0.25, 0.3) is 5.91 Å². The average Bonchev–Trinajstić information content (AvgIpc) is 3.06. The summed E-state index contributed by atoms with van der Waals surface area (Å²) in [5.74, 6) is -0.417. The highest BCUT2D eigenvalue weighted by molar-refractivity contribution is 5.96. The van der Waals surface area contributed by atoms with Gasteiger partial charge < -0.3 is 9.47 Å². The molecule has 0 radical (unpaired) electrons. The zero-order valence-electron chi connectivity index (χ0n) is 19.3. The Balaban J connectivity index is 1.43. The molecule has 33 heavy (non-hydrogen) atoms. The summed E-state index contributed by atoms with van der Waals surface area (Å²) in [6, 6.07) is 20.8. The number of carbonyl (C=O) groups excluding carboxylic acids is 2. The summed E-state index contributed by atoms with van der Waals surface area (Å²) in [6.45, 7) is 7.53. The zero-order valence-corrected chi connectivity index (χ0v) is 19.3. The predicted octanol–water partition coefficient (Wildman–Crippen LogP) is 5.46. The van der Waals surface area contributed by atoms with Crippen LogP contribution in [0, 0.1) is 6.92 Å². The van der Waals surface area contributed by atoms with Crippen LogP contribution in [0.25, 0.3) is 11.3 Å². The van der Waals surface area contributed by atoms with E-state index < -0.39 is 29.7 Å². The van der Waals surface area contributed by atoms with E-state index in [0.717, 1.165) is 27.9 Å². The van der Waals surface area contributed by atoms with Gasteiger partial charge in [-0.2, -0.15) is 0 Å². The molecule has 2 aromatic carbocycles. The van der Waals surface area contributed by atoms with Crippen molar-refractivity contribution in [3.63, 3.8) is 0 Å². The first-order valence-corrected chi connectivity index (χ1v) is 11.0. The van der Waals surface area contributed by atoms with Gasteiger partial charge in [-0.1, -0.05) is 60.7 Å². The summed E-state index contributed by atoms with van der Waals surface area (Å²) in [7, 11) is 0. The van der Waals surface area contributed by atoms with E-state index in [1.807, 2.05) is 93.7 Å². The molecule has 6 heteroatoms. The van der Waals surface area contributed by atoms with E-state index in [4.69, 9.17) is 9.47 Å². The molecule has 0 bridgehead atoms. The van der Waals surface area contributed by atoms with Crippen molar-refractivity contribution in [2.75, 3.05) is 0 Å². The summed E-state index contributed by atoms with van der Waals surface area (Å²) >= 11 is 0. The summed E-state index contributed by atoms with van der Waals surface area (Å²) in [4.78, 5) is 31.4. The van der Waals surface area contributed by atoms with Gasteiger partial charge in [-0.25, -0.2) is 9.69 Å². The number of hydrogen-bond donors (Lipinski definition) is 0. The van der Waals surface area contributed by atoms with Gasteiger partial charge in [0, 0.05) is 11.8 Å². The molecule has 1 saturated heterocycles. The second-order valence-electron chi connectivity index (χ2n) is 8.86. The van der Waals surface area contributed by atoms with E-state index in [9.17, 15) is 9.59 Å². The number of nitrogens with zero attached hydrogens (tertiary/aromatic N) is 2. The molecule has 6 nitrogen and oxygen atoms in total. The van der Waals surface area contributed by atoms with Gasteiger partial charge in [0.2, 0.25) is 0 Å². The molecule has 0 aliphatic carbocycles. The third-order valence-corrected chi connectivity index (χ3v) is 5.83. The lowest BCUT2D eigenvalue weighted by atomic mass is 9.91.